The highest BCUT2D eigenvalue weighted by molar-refractivity contribution is 7.93. The van der Waals surface area contributed by atoms with Crippen LogP contribution in [0.25, 0.3) is 10.8 Å². The summed E-state index contributed by atoms with van der Waals surface area (Å²) in [4.78, 5) is 27.9. The summed E-state index contributed by atoms with van der Waals surface area (Å²) in [6.45, 7) is 5.85. The Kier molecular flexibility index (Phi) is 7.57. The van der Waals surface area contributed by atoms with Gasteiger partial charge in [-0.15, -0.1) is 0 Å². The summed E-state index contributed by atoms with van der Waals surface area (Å²) < 4.78 is 27.8. The van der Waals surface area contributed by atoms with Gasteiger partial charge in [0.15, 0.2) is 0 Å². The summed E-state index contributed by atoms with van der Waals surface area (Å²) >= 11 is 6.00. The smallest absolute Gasteiger partial charge is 0.265 e. The number of hydrogen-bond donors (Lipinski definition) is 1. The van der Waals surface area contributed by atoms with Crippen LogP contribution in [0.3, 0.4) is 0 Å². The van der Waals surface area contributed by atoms with E-state index in [1.165, 1.54) is 9.21 Å². The van der Waals surface area contributed by atoms with E-state index in [9.17, 15) is 18.0 Å². The largest absolute Gasteiger partial charge is 0.352 e. The zero-order chi connectivity index (χ0) is 26.0. The second-order valence-corrected chi connectivity index (χ2v) is 11.6. The summed E-state index contributed by atoms with van der Waals surface area (Å²) in [5.74, 6) is -0.458. The van der Waals surface area contributed by atoms with Crippen molar-refractivity contribution in [3.8, 4) is 0 Å². The van der Waals surface area contributed by atoms with Crippen LogP contribution in [-0.2, 0) is 26.2 Å². The van der Waals surface area contributed by atoms with Crippen molar-refractivity contribution in [1.29, 1.82) is 0 Å². The van der Waals surface area contributed by atoms with Gasteiger partial charge in [0.2, 0.25) is 11.8 Å². The number of sulfonamides is 1. The van der Waals surface area contributed by atoms with Crippen LogP contribution in [0.5, 0.6) is 0 Å². The molecule has 9 heteroatoms. The van der Waals surface area contributed by atoms with Gasteiger partial charge in [-0.3, -0.25) is 13.9 Å². The molecule has 0 spiro atoms. The summed E-state index contributed by atoms with van der Waals surface area (Å²) in [5.41, 5.74) is 1.49. The highest BCUT2D eigenvalue weighted by Gasteiger charge is 2.35. The van der Waals surface area contributed by atoms with E-state index in [1.54, 1.807) is 37.3 Å². The Morgan fingerprint density at radius 2 is 1.67 bits per heavy atom. The SMILES string of the molecule is CC(C)NC(=O)[C@H](C)N(Cc1ccc(Cl)cc1)C(=O)CCCN1c2cccc3cccc(c23)S1(=O)=O. The zero-order valence-corrected chi connectivity index (χ0v) is 22.1. The molecule has 0 radical (unpaired) electrons. The molecule has 2 amide bonds. The van der Waals surface area contributed by atoms with Crippen LogP contribution in [0.15, 0.2) is 65.6 Å². The lowest BCUT2D eigenvalue weighted by Crippen LogP contribution is -2.49. The van der Waals surface area contributed by atoms with Gasteiger partial charge >= 0.3 is 0 Å². The average Bonchev–Trinajstić information content (AvgIpc) is 3.06. The minimum absolute atomic E-state index is 0.0582. The molecule has 3 aromatic carbocycles. The molecule has 190 valence electrons. The topological polar surface area (TPSA) is 86.8 Å². The number of halogens is 1. The molecule has 1 N–H and O–H groups in total. The lowest BCUT2D eigenvalue weighted by Gasteiger charge is -2.30. The van der Waals surface area contributed by atoms with E-state index in [0.717, 1.165) is 16.3 Å². The molecule has 1 atom stereocenters. The Morgan fingerprint density at radius 1 is 1.00 bits per heavy atom. The summed E-state index contributed by atoms with van der Waals surface area (Å²) in [7, 11) is -3.68. The van der Waals surface area contributed by atoms with Gasteiger partial charge < -0.3 is 10.2 Å². The average molecular weight is 528 g/mol. The summed E-state index contributed by atoms with van der Waals surface area (Å²) in [5, 5.41) is 5.04. The third-order valence-electron chi connectivity index (χ3n) is 6.30. The first-order valence-corrected chi connectivity index (χ1v) is 13.8. The highest BCUT2D eigenvalue weighted by Crippen LogP contribution is 2.42. The van der Waals surface area contributed by atoms with Gasteiger partial charge in [0.25, 0.3) is 10.0 Å². The fraction of sp³-hybridized carbons (Fsp3) is 0.333. The molecule has 0 fully saturated rings. The van der Waals surface area contributed by atoms with Crippen molar-refractivity contribution < 1.29 is 18.0 Å². The van der Waals surface area contributed by atoms with Gasteiger partial charge in [0.05, 0.1) is 10.6 Å². The zero-order valence-electron chi connectivity index (χ0n) is 20.6. The van der Waals surface area contributed by atoms with Crippen molar-refractivity contribution in [2.45, 2.75) is 57.1 Å². The standard InChI is InChI=1S/C27H30ClN3O4S/c1-18(2)29-27(33)19(3)30(17-20-12-14-22(28)15-13-20)25(32)11-6-16-31-23-9-4-7-21-8-5-10-24(26(21)23)36(31,34)35/h4-5,7-10,12-15,18-19H,6,11,16-17H2,1-3H3,(H,29,33)/t19-/m0/s1. The monoisotopic (exact) mass is 527 g/mol. The van der Waals surface area contributed by atoms with Gasteiger partial charge in [0.1, 0.15) is 6.04 Å². The molecule has 0 saturated heterocycles. The highest BCUT2D eigenvalue weighted by atomic mass is 35.5. The van der Waals surface area contributed by atoms with E-state index in [2.05, 4.69) is 5.32 Å². The molecule has 36 heavy (non-hydrogen) atoms. The van der Waals surface area contributed by atoms with E-state index in [0.29, 0.717) is 22.0 Å². The van der Waals surface area contributed by atoms with Crippen molar-refractivity contribution in [3.05, 3.63) is 71.2 Å². The number of carbonyl (C=O) groups is 2. The van der Waals surface area contributed by atoms with Crippen molar-refractivity contribution in [2.75, 3.05) is 10.8 Å². The van der Waals surface area contributed by atoms with Crippen LogP contribution in [-0.4, -0.2) is 43.8 Å². The minimum Gasteiger partial charge on any atom is -0.352 e. The van der Waals surface area contributed by atoms with Crippen molar-refractivity contribution in [1.82, 2.24) is 10.2 Å². The molecule has 0 bridgehead atoms. The Morgan fingerprint density at radius 3 is 2.33 bits per heavy atom. The van der Waals surface area contributed by atoms with E-state index in [4.69, 9.17) is 11.6 Å². The number of rotatable bonds is 9. The van der Waals surface area contributed by atoms with Crippen LogP contribution < -0.4 is 9.62 Å². The third-order valence-corrected chi connectivity index (χ3v) is 8.41. The molecule has 0 unspecified atom stereocenters. The van der Waals surface area contributed by atoms with Crippen LogP contribution in [0.4, 0.5) is 5.69 Å². The second kappa shape index (κ2) is 10.5. The molecule has 3 aromatic rings. The maximum Gasteiger partial charge on any atom is 0.265 e. The number of benzene rings is 3. The van der Waals surface area contributed by atoms with Crippen molar-refractivity contribution in [3.63, 3.8) is 0 Å². The molecular formula is C27H30ClN3O4S. The molecule has 1 aliphatic rings. The predicted molar refractivity (Wildman–Crippen MR) is 142 cm³/mol. The fourth-order valence-corrected chi connectivity index (χ4v) is 6.37. The first kappa shape index (κ1) is 26.0. The van der Waals surface area contributed by atoms with Crippen LogP contribution in [0.1, 0.15) is 39.2 Å². The Balaban J connectivity index is 1.49. The number of carbonyl (C=O) groups excluding carboxylic acids is 2. The van der Waals surface area contributed by atoms with Crippen LogP contribution in [0, 0.1) is 0 Å². The van der Waals surface area contributed by atoms with Crippen LogP contribution >= 0.6 is 11.6 Å². The lowest BCUT2D eigenvalue weighted by atomic mass is 10.1. The molecule has 0 aromatic heterocycles. The summed E-state index contributed by atoms with van der Waals surface area (Å²) in [6.07, 6.45) is 0.420. The number of nitrogens with one attached hydrogen (secondary N) is 1. The van der Waals surface area contributed by atoms with Crippen molar-refractivity contribution >= 4 is 49.9 Å². The van der Waals surface area contributed by atoms with Gasteiger partial charge in [-0.05, 0) is 62.4 Å². The second-order valence-electron chi connectivity index (χ2n) is 9.30. The van der Waals surface area contributed by atoms with E-state index >= 15 is 0 Å². The number of nitrogens with zero attached hydrogens (tertiary/aromatic N) is 2. The van der Waals surface area contributed by atoms with Gasteiger partial charge in [-0.2, -0.15) is 0 Å². The summed E-state index contributed by atoms with van der Waals surface area (Å²) in [6, 6.07) is 17.2. The third kappa shape index (κ3) is 5.20. The molecule has 0 saturated carbocycles. The maximum atomic E-state index is 13.3. The normalized spacial score (nSPS) is 14.8. The molecule has 1 heterocycles. The first-order valence-electron chi connectivity index (χ1n) is 12.0. The van der Waals surface area contributed by atoms with Crippen molar-refractivity contribution in [2.24, 2.45) is 0 Å². The quantitative estimate of drug-likeness (QED) is 0.436. The number of amides is 2. The van der Waals surface area contributed by atoms with E-state index in [1.807, 2.05) is 44.2 Å². The lowest BCUT2D eigenvalue weighted by molar-refractivity contribution is -0.140. The molecule has 0 aliphatic carbocycles. The molecule has 4 rings (SSSR count). The molecule has 7 nitrogen and oxygen atoms in total. The molecular weight excluding hydrogens is 498 g/mol. The Bertz CT molecular complexity index is 1380. The minimum atomic E-state index is -3.68. The number of hydrogen-bond acceptors (Lipinski definition) is 4. The predicted octanol–water partition coefficient (Wildman–Crippen LogP) is 4.72. The van der Waals surface area contributed by atoms with Crippen LogP contribution in [0.2, 0.25) is 5.02 Å². The number of anilines is 1. The fourth-order valence-electron chi connectivity index (χ4n) is 4.49. The first-order chi connectivity index (χ1) is 17.1. The Hall–Kier alpha value is -3.10. The van der Waals surface area contributed by atoms with Gasteiger partial charge in [-0.1, -0.05) is 48.0 Å². The van der Waals surface area contributed by atoms with E-state index < -0.39 is 16.1 Å². The van der Waals surface area contributed by atoms with Gasteiger partial charge in [-0.25, -0.2) is 8.42 Å². The maximum absolute atomic E-state index is 13.3. The van der Waals surface area contributed by atoms with E-state index in [-0.39, 0.29) is 37.4 Å². The Labute approximate surface area is 217 Å². The molecule has 1 aliphatic heterocycles. The van der Waals surface area contributed by atoms with Gasteiger partial charge in [0, 0.05) is 36.0 Å².